The van der Waals surface area contributed by atoms with Crippen LogP contribution in [-0.2, 0) is 12.6 Å². The average Bonchev–Trinajstić information content (AvgIpc) is 3.21. The smallest absolute Gasteiger partial charge is 0.282 e. The van der Waals surface area contributed by atoms with Gasteiger partial charge in [0.15, 0.2) is 11.5 Å². The number of rotatable bonds is 2. The molecular formula is C16H18ClN5O2. The zero-order valence-corrected chi connectivity index (χ0v) is 14.0. The number of nitrogens with two attached hydrogens (primary N) is 1. The first-order valence-electron chi connectivity index (χ1n) is 7.68. The van der Waals surface area contributed by atoms with Crippen molar-refractivity contribution in [3.8, 4) is 11.6 Å². The van der Waals surface area contributed by atoms with E-state index in [0.29, 0.717) is 11.2 Å². The molecule has 0 unspecified atom stereocenters. The van der Waals surface area contributed by atoms with Crippen LogP contribution in [0.3, 0.4) is 0 Å². The molecule has 2 N–H and O–H groups in total. The zero-order chi connectivity index (χ0) is 16.0. The molecule has 0 aliphatic heterocycles. The fraction of sp³-hybridized carbons (Fsp3) is 0.375. The fourth-order valence-corrected chi connectivity index (χ4v) is 3.22. The second-order valence-electron chi connectivity index (χ2n) is 6.10. The largest absolute Gasteiger partial charge is 0.332 e. The van der Waals surface area contributed by atoms with E-state index in [1.54, 1.807) is 17.8 Å². The normalized spacial score (nSPS) is 16.2. The van der Waals surface area contributed by atoms with Gasteiger partial charge in [0.2, 0.25) is 5.43 Å². The molecule has 4 rings (SSSR count). The van der Waals surface area contributed by atoms with Gasteiger partial charge in [-0.1, -0.05) is 30.1 Å². The first-order chi connectivity index (χ1) is 11.1. The van der Waals surface area contributed by atoms with Crippen molar-refractivity contribution in [2.75, 3.05) is 0 Å². The third kappa shape index (κ3) is 2.50. The molecule has 1 saturated carbocycles. The molecule has 0 bridgehead atoms. The predicted octanol–water partition coefficient (Wildman–Crippen LogP) is 2.13. The second kappa shape index (κ2) is 5.99. The first-order valence-corrected chi connectivity index (χ1v) is 7.68. The Hall–Kier alpha value is -2.25. The maximum atomic E-state index is 12.7. The van der Waals surface area contributed by atoms with Crippen LogP contribution in [0.1, 0.15) is 31.5 Å². The topological polar surface area (TPSA) is 99.8 Å². The van der Waals surface area contributed by atoms with Gasteiger partial charge in [0.05, 0.1) is 11.1 Å². The van der Waals surface area contributed by atoms with E-state index in [1.807, 2.05) is 18.2 Å². The third-order valence-electron chi connectivity index (χ3n) is 4.53. The van der Waals surface area contributed by atoms with E-state index in [1.165, 1.54) is 0 Å². The molecule has 0 atom stereocenters. The summed E-state index contributed by atoms with van der Waals surface area (Å²) in [7, 11) is 1.78. The van der Waals surface area contributed by atoms with Gasteiger partial charge < -0.3 is 10.3 Å². The summed E-state index contributed by atoms with van der Waals surface area (Å²) in [5.41, 5.74) is 6.49. The van der Waals surface area contributed by atoms with E-state index in [0.717, 1.165) is 31.2 Å². The van der Waals surface area contributed by atoms with Crippen molar-refractivity contribution >= 4 is 23.3 Å². The number of fused-ring (bicyclic) bond motifs is 1. The Balaban J connectivity index is 0.00000169. The van der Waals surface area contributed by atoms with Gasteiger partial charge in [0, 0.05) is 12.4 Å². The van der Waals surface area contributed by atoms with Crippen molar-refractivity contribution in [2.45, 2.75) is 31.2 Å². The summed E-state index contributed by atoms with van der Waals surface area (Å²) >= 11 is 0. The van der Waals surface area contributed by atoms with Crippen molar-refractivity contribution in [2.24, 2.45) is 12.8 Å². The van der Waals surface area contributed by atoms with Crippen molar-refractivity contribution in [1.29, 1.82) is 0 Å². The van der Waals surface area contributed by atoms with E-state index < -0.39 is 5.54 Å². The molecule has 2 heterocycles. The van der Waals surface area contributed by atoms with Gasteiger partial charge in [0.25, 0.3) is 5.89 Å². The number of aromatic nitrogens is 4. The molecule has 7 nitrogen and oxygen atoms in total. The summed E-state index contributed by atoms with van der Waals surface area (Å²) in [5.74, 6) is 0.588. The highest BCUT2D eigenvalue weighted by Gasteiger charge is 2.36. The van der Waals surface area contributed by atoms with Gasteiger partial charge >= 0.3 is 0 Å². The molecule has 1 fully saturated rings. The van der Waals surface area contributed by atoms with E-state index in [4.69, 9.17) is 10.3 Å². The van der Waals surface area contributed by atoms with Gasteiger partial charge in [-0.15, -0.1) is 12.4 Å². The summed E-state index contributed by atoms with van der Waals surface area (Å²) in [4.78, 5) is 17.0. The predicted molar refractivity (Wildman–Crippen MR) is 91.9 cm³/mol. The van der Waals surface area contributed by atoms with Gasteiger partial charge in [-0.25, -0.2) is 0 Å². The number of benzene rings is 1. The van der Waals surface area contributed by atoms with Crippen LogP contribution in [0.2, 0.25) is 0 Å². The lowest BCUT2D eigenvalue weighted by Gasteiger charge is -2.17. The Kier molecular flexibility index (Phi) is 4.15. The highest BCUT2D eigenvalue weighted by molar-refractivity contribution is 5.85. The van der Waals surface area contributed by atoms with Crippen LogP contribution in [0, 0.1) is 0 Å². The minimum absolute atomic E-state index is 0. The Bertz CT molecular complexity index is 943. The zero-order valence-electron chi connectivity index (χ0n) is 13.2. The van der Waals surface area contributed by atoms with Crippen LogP contribution in [-0.4, -0.2) is 19.9 Å². The van der Waals surface area contributed by atoms with Crippen LogP contribution in [0.4, 0.5) is 0 Å². The number of hydrogen-bond donors (Lipinski definition) is 1. The number of hydrogen-bond acceptors (Lipinski definition) is 6. The molecule has 0 saturated heterocycles. The molecule has 2 aromatic heterocycles. The lowest BCUT2D eigenvalue weighted by Crippen LogP contribution is -2.34. The summed E-state index contributed by atoms with van der Waals surface area (Å²) < 4.78 is 6.94. The van der Waals surface area contributed by atoms with E-state index in [2.05, 4.69) is 15.2 Å². The molecule has 24 heavy (non-hydrogen) atoms. The Morgan fingerprint density at radius 2 is 1.96 bits per heavy atom. The lowest BCUT2D eigenvalue weighted by molar-refractivity contribution is 0.372. The minimum Gasteiger partial charge on any atom is -0.332 e. The van der Waals surface area contributed by atoms with E-state index >= 15 is 0 Å². The summed E-state index contributed by atoms with van der Waals surface area (Å²) in [6.45, 7) is 0. The van der Waals surface area contributed by atoms with Crippen LogP contribution < -0.4 is 11.2 Å². The quantitative estimate of drug-likeness (QED) is 0.762. The number of nitrogens with zero attached hydrogens (tertiary/aromatic N) is 4. The third-order valence-corrected chi connectivity index (χ3v) is 4.53. The summed E-state index contributed by atoms with van der Waals surface area (Å²) in [6.07, 6.45) is 3.76. The van der Waals surface area contributed by atoms with Crippen molar-refractivity contribution in [1.82, 2.24) is 19.9 Å². The second-order valence-corrected chi connectivity index (χ2v) is 6.10. The average molecular weight is 348 g/mol. The van der Waals surface area contributed by atoms with Crippen molar-refractivity contribution in [3.05, 3.63) is 40.3 Å². The van der Waals surface area contributed by atoms with Crippen LogP contribution >= 0.6 is 12.4 Å². The van der Waals surface area contributed by atoms with Gasteiger partial charge in [-0.05, 0) is 25.0 Å². The minimum atomic E-state index is -0.552. The molecule has 3 aromatic rings. The standard InChI is InChI=1S/C16H17N5O2.ClH/c1-21-11-7-3-2-6-10(11)13(22)12(19-21)14-18-15(20-23-14)16(17)8-4-5-9-16;/h2-3,6-7H,4-5,8-9,17H2,1H3;1H. The van der Waals surface area contributed by atoms with Crippen LogP contribution in [0.25, 0.3) is 22.5 Å². The Labute approximate surface area is 144 Å². The summed E-state index contributed by atoms with van der Waals surface area (Å²) in [6, 6.07) is 7.30. The number of halogens is 1. The number of para-hydroxylation sites is 1. The Morgan fingerprint density at radius 1 is 1.25 bits per heavy atom. The molecular weight excluding hydrogens is 330 g/mol. The maximum absolute atomic E-state index is 12.7. The molecule has 8 heteroatoms. The SMILES string of the molecule is Cl.Cn1nc(-c2nc(C3(N)CCCC3)no2)c(=O)c2ccccc21. The highest BCUT2D eigenvalue weighted by Crippen LogP contribution is 2.35. The summed E-state index contributed by atoms with van der Waals surface area (Å²) in [5, 5.41) is 8.87. The number of aryl methyl sites for hydroxylation is 1. The molecule has 0 spiro atoms. The van der Waals surface area contributed by atoms with Crippen molar-refractivity contribution < 1.29 is 4.52 Å². The molecule has 1 aliphatic rings. The Morgan fingerprint density at radius 3 is 2.71 bits per heavy atom. The van der Waals surface area contributed by atoms with Crippen LogP contribution in [0.15, 0.2) is 33.6 Å². The molecule has 126 valence electrons. The van der Waals surface area contributed by atoms with Crippen molar-refractivity contribution in [3.63, 3.8) is 0 Å². The first kappa shape index (κ1) is 16.6. The lowest BCUT2D eigenvalue weighted by atomic mass is 9.99. The van der Waals surface area contributed by atoms with Crippen LogP contribution in [0.5, 0.6) is 0 Å². The molecule has 0 amide bonds. The van der Waals surface area contributed by atoms with E-state index in [9.17, 15) is 4.79 Å². The molecule has 0 radical (unpaired) electrons. The highest BCUT2D eigenvalue weighted by atomic mass is 35.5. The van der Waals surface area contributed by atoms with Gasteiger partial charge in [-0.3, -0.25) is 9.48 Å². The molecule has 1 aromatic carbocycles. The van der Waals surface area contributed by atoms with E-state index in [-0.39, 0.29) is 29.4 Å². The van der Waals surface area contributed by atoms with Gasteiger partial charge in [0.1, 0.15) is 0 Å². The molecule has 1 aliphatic carbocycles. The fourth-order valence-electron chi connectivity index (χ4n) is 3.22. The maximum Gasteiger partial charge on any atom is 0.282 e. The monoisotopic (exact) mass is 347 g/mol. The van der Waals surface area contributed by atoms with Gasteiger partial charge in [-0.2, -0.15) is 10.1 Å².